The maximum absolute atomic E-state index is 11.6. The van der Waals surface area contributed by atoms with E-state index in [2.05, 4.69) is 9.97 Å². The Balaban J connectivity index is 0.000000240. The normalized spacial score (nSPS) is 27.7. The van der Waals surface area contributed by atoms with Gasteiger partial charge < -0.3 is 29.9 Å². The van der Waals surface area contributed by atoms with E-state index in [9.17, 15) is 29.4 Å². The van der Waals surface area contributed by atoms with Crippen LogP contribution in [0.2, 0.25) is 0 Å². The molecule has 6 unspecified atom stereocenters. The molecular weight excluding hydrogens is 657 g/mol. The van der Waals surface area contributed by atoms with Gasteiger partial charge in [-0.15, -0.1) is 0 Å². The van der Waals surface area contributed by atoms with Gasteiger partial charge in [0.25, 0.3) is 11.1 Å². The van der Waals surface area contributed by atoms with Crippen molar-refractivity contribution in [1.29, 1.82) is 0 Å². The Labute approximate surface area is 218 Å². The molecule has 0 spiro atoms. The summed E-state index contributed by atoms with van der Waals surface area (Å²) in [5.41, 5.74) is -1.29. The monoisotopic (exact) mass is 686 g/mol. The Hall–Kier alpha value is -1.94. The van der Waals surface area contributed by atoms with Crippen LogP contribution < -0.4 is 22.5 Å². The number of aryl methyl sites for hydroxylation is 2. The minimum atomic E-state index is -0.816. The third kappa shape index (κ3) is 6.64. The molecule has 190 valence electrons. The van der Waals surface area contributed by atoms with Gasteiger partial charge in [0.15, 0.2) is 0 Å². The predicted octanol–water partition coefficient (Wildman–Crippen LogP) is -3.03. The number of hydrogen-bond donors (Lipinski definition) is 6. The van der Waals surface area contributed by atoms with Crippen molar-refractivity contribution in [2.24, 2.45) is 0 Å². The van der Waals surface area contributed by atoms with Gasteiger partial charge in [-0.25, -0.2) is 9.59 Å². The Morgan fingerprint density at radius 1 is 0.800 bits per heavy atom. The molecule has 14 nitrogen and oxygen atoms in total. The van der Waals surface area contributed by atoms with Crippen molar-refractivity contribution in [3.63, 3.8) is 0 Å². The van der Waals surface area contributed by atoms with E-state index >= 15 is 0 Å². The van der Waals surface area contributed by atoms with Gasteiger partial charge >= 0.3 is 11.4 Å². The Morgan fingerprint density at radius 2 is 1.14 bits per heavy atom. The zero-order chi connectivity index (χ0) is 25.2. The summed E-state index contributed by atoms with van der Waals surface area (Å²) in [6.07, 6.45) is -1.16. The molecule has 4 heterocycles. The van der Waals surface area contributed by atoms with Gasteiger partial charge in [0, 0.05) is 64.0 Å². The Morgan fingerprint density at radius 3 is 1.43 bits per heavy atom. The standard InChI is InChI=1S/2C10H14N2O5.Hg/c2*1-5-3-12(10(16)11-9(5)15)8-2-6(14)7(4-13)17-8;/h2*3,6-8,13-14H,2,4H2,1H3,(H,11,15,16);. The molecular formula is C20H28HgN4O10. The van der Waals surface area contributed by atoms with Crippen LogP contribution in [0.5, 0.6) is 0 Å². The second kappa shape index (κ2) is 12.3. The molecule has 4 rings (SSSR count). The number of aromatic nitrogens is 4. The van der Waals surface area contributed by atoms with E-state index in [0.29, 0.717) is 11.1 Å². The van der Waals surface area contributed by atoms with Crippen LogP contribution in [0.3, 0.4) is 0 Å². The van der Waals surface area contributed by atoms with Crippen molar-refractivity contribution >= 4 is 0 Å². The van der Waals surface area contributed by atoms with Gasteiger partial charge in [-0.05, 0) is 13.8 Å². The van der Waals surface area contributed by atoms with Crippen molar-refractivity contribution in [2.45, 2.75) is 63.6 Å². The second-order valence-electron chi connectivity index (χ2n) is 8.19. The first-order valence-electron chi connectivity index (χ1n) is 10.6. The molecule has 6 N–H and O–H groups in total. The molecule has 2 aromatic rings. The molecule has 0 aliphatic carbocycles. The number of hydrogen-bond acceptors (Lipinski definition) is 10. The molecule has 2 aliphatic rings. The molecule has 2 fully saturated rings. The molecule has 2 saturated heterocycles. The summed E-state index contributed by atoms with van der Waals surface area (Å²) >= 11 is 0. The number of nitrogens with one attached hydrogen (secondary N) is 2. The Bertz CT molecular complexity index is 1140. The van der Waals surface area contributed by atoms with E-state index in [1.807, 2.05) is 0 Å². The summed E-state index contributed by atoms with van der Waals surface area (Å²) in [4.78, 5) is 49.8. The van der Waals surface area contributed by atoms with Crippen molar-refractivity contribution in [3.05, 3.63) is 65.2 Å². The number of aliphatic hydroxyl groups excluding tert-OH is 4. The first kappa shape index (κ1) is 29.3. The first-order chi connectivity index (χ1) is 16.0. The van der Waals surface area contributed by atoms with Crippen LogP contribution in [0, 0.1) is 13.8 Å². The summed E-state index contributed by atoms with van der Waals surface area (Å²) in [6, 6.07) is 0. The molecule has 15 heteroatoms. The molecule has 0 saturated carbocycles. The number of ether oxygens (including phenoxy) is 2. The van der Waals surface area contributed by atoms with Gasteiger partial charge in [-0.2, -0.15) is 0 Å². The summed E-state index contributed by atoms with van der Waals surface area (Å²) < 4.78 is 13.1. The SMILES string of the molecule is Cc1cn(C2CC(O)C(CO)O2)c(=O)[nH]c1=O.Cc1cn(C2CC(O)C(CO)O2)c(=O)[nH]c1=O.[Hg]. The average molecular weight is 685 g/mol. The summed E-state index contributed by atoms with van der Waals surface area (Å²) in [7, 11) is 0. The molecule has 0 amide bonds. The average Bonchev–Trinajstić information content (AvgIpc) is 3.35. The molecule has 0 bridgehead atoms. The van der Waals surface area contributed by atoms with E-state index < -0.39 is 59.4 Å². The van der Waals surface area contributed by atoms with Crippen molar-refractivity contribution in [2.75, 3.05) is 13.2 Å². The maximum Gasteiger partial charge on any atom is 0.330 e. The van der Waals surface area contributed by atoms with E-state index in [0.717, 1.165) is 0 Å². The number of aromatic amines is 2. The third-order valence-corrected chi connectivity index (χ3v) is 5.68. The van der Waals surface area contributed by atoms with Gasteiger partial charge in [-0.1, -0.05) is 0 Å². The third-order valence-electron chi connectivity index (χ3n) is 5.68. The number of nitrogens with zero attached hydrogens (tertiary/aromatic N) is 2. The van der Waals surface area contributed by atoms with Crippen molar-refractivity contribution in [1.82, 2.24) is 19.1 Å². The van der Waals surface area contributed by atoms with Crippen LogP contribution in [-0.4, -0.2) is 77.2 Å². The van der Waals surface area contributed by atoms with Crippen LogP contribution in [0.1, 0.15) is 36.4 Å². The molecule has 2 aliphatic heterocycles. The van der Waals surface area contributed by atoms with E-state index in [1.54, 1.807) is 13.8 Å². The summed E-state index contributed by atoms with van der Waals surface area (Å²) in [5.74, 6) is 0. The van der Waals surface area contributed by atoms with Crippen molar-refractivity contribution in [3.8, 4) is 0 Å². The van der Waals surface area contributed by atoms with E-state index in [-0.39, 0.29) is 53.7 Å². The molecule has 2 aromatic heterocycles. The fourth-order valence-corrected chi connectivity index (χ4v) is 3.70. The van der Waals surface area contributed by atoms with Gasteiger partial charge in [0.2, 0.25) is 0 Å². The van der Waals surface area contributed by atoms with Crippen LogP contribution in [0.25, 0.3) is 0 Å². The van der Waals surface area contributed by atoms with Crippen molar-refractivity contribution < 1.29 is 57.6 Å². The quantitative estimate of drug-likeness (QED) is 0.180. The zero-order valence-electron chi connectivity index (χ0n) is 19.3. The summed E-state index contributed by atoms with van der Waals surface area (Å²) in [6.45, 7) is 2.52. The summed E-state index contributed by atoms with van der Waals surface area (Å²) in [5, 5.41) is 37.0. The van der Waals surface area contributed by atoms with Crippen LogP contribution in [0.15, 0.2) is 31.6 Å². The van der Waals surface area contributed by atoms with Gasteiger partial charge in [0.1, 0.15) is 24.7 Å². The number of rotatable bonds is 4. The first-order valence-corrected chi connectivity index (χ1v) is 10.6. The molecule has 0 aromatic carbocycles. The van der Waals surface area contributed by atoms with E-state index in [4.69, 9.17) is 19.7 Å². The smallest absolute Gasteiger partial charge is 0.330 e. The molecule has 0 radical (unpaired) electrons. The second-order valence-corrected chi connectivity index (χ2v) is 8.19. The largest absolute Gasteiger partial charge is 0.394 e. The van der Waals surface area contributed by atoms with Crippen LogP contribution in [0.4, 0.5) is 0 Å². The fraction of sp³-hybridized carbons (Fsp3) is 0.600. The molecule has 35 heavy (non-hydrogen) atoms. The minimum absolute atomic E-state index is 0. The van der Waals surface area contributed by atoms with Gasteiger partial charge in [0.05, 0.1) is 25.4 Å². The minimum Gasteiger partial charge on any atom is -0.394 e. The van der Waals surface area contributed by atoms with Gasteiger partial charge in [-0.3, -0.25) is 28.7 Å². The Kier molecular flexibility index (Phi) is 10.3. The molecule has 6 atom stereocenters. The predicted molar refractivity (Wildman–Crippen MR) is 115 cm³/mol. The number of aliphatic hydroxyl groups is 4. The topological polar surface area (TPSA) is 209 Å². The zero-order valence-corrected chi connectivity index (χ0v) is 24.8. The van der Waals surface area contributed by atoms with E-state index in [1.165, 1.54) is 21.5 Å². The maximum atomic E-state index is 11.6. The fourth-order valence-electron chi connectivity index (χ4n) is 3.70. The van der Waals surface area contributed by atoms with Crippen LogP contribution in [-0.2, 0) is 37.1 Å². The van der Waals surface area contributed by atoms with Crippen LogP contribution >= 0.6 is 0 Å². The number of H-pyrrole nitrogens is 2.